The topological polar surface area (TPSA) is 108 Å². The number of carboxylic acids is 1. The molecule has 0 rings (SSSR count). The monoisotopic (exact) mass is 1020 g/mol. The lowest BCUT2D eigenvalue weighted by Gasteiger charge is -2.25. The molecule has 0 radical (unpaired) electrons. The first-order valence-electron chi connectivity index (χ1n) is 30.1. The molecule has 0 fully saturated rings. The molecule has 1 N–H and O–H groups in total. The molecular weight excluding hydrogens is 911 g/mol. The van der Waals surface area contributed by atoms with Gasteiger partial charge in [-0.15, -0.1) is 0 Å². The van der Waals surface area contributed by atoms with Crippen LogP contribution in [0.4, 0.5) is 0 Å². The van der Waals surface area contributed by atoms with Crippen molar-refractivity contribution in [2.24, 2.45) is 0 Å². The highest BCUT2D eigenvalue weighted by Gasteiger charge is 2.25. The van der Waals surface area contributed by atoms with Crippen molar-refractivity contribution in [2.75, 3.05) is 47.5 Å². The molecule has 0 amide bonds. The zero-order valence-corrected chi connectivity index (χ0v) is 48.0. The number of allylic oxidation sites excluding steroid dienone is 12. The summed E-state index contributed by atoms with van der Waals surface area (Å²) in [6.07, 6.45) is 68.4. The van der Waals surface area contributed by atoms with Crippen molar-refractivity contribution in [3.8, 4) is 0 Å². The molecule has 0 aromatic rings. The maximum absolute atomic E-state index is 12.9. The maximum Gasteiger partial charge on any atom is 0.361 e. The van der Waals surface area contributed by atoms with Gasteiger partial charge < -0.3 is 28.5 Å². The van der Waals surface area contributed by atoms with Crippen LogP contribution in [0.1, 0.15) is 258 Å². The summed E-state index contributed by atoms with van der Waals surface area (Å²) in [6.45, 7) is 4.77. The Balaban J connectivity index is 4.24. The van der Waals surface area contributed by atoms with Crippen LogP contribution >= 0.6 is 0 Å². The van der Waals surface area contributed by atoms with Crippen molar-refractivity contribution in [1.29, 1.82) is 0 Å². The average Bonchev–Trinajstić information content (AvgIpc) is 3.36. The van der Waals surface area contributed by atoms with Crippen LogP contribution in [-0.4, -0.2) is 87.4 Å². The fourth-order valence-electron chi connectivity index (χ4n) is 8.33. The van der Waals surface area contributed by atoms with E-state index >= 15 is 0 Å². The fraction of sp³-hybridized carbons (Fsp3) is 0.766. The summed E-state index contributed by atoms with van der Waals surface area (Å²) in [5, 5.41) is 9.71. The molecular formula is C64H114NO8+. The van der Waals surface area contributed by atoms with Gasteiger partial charge in [0, 0.05) is 12.8 Å². The van der Waals surface area contributed by atoms with Gasteiger partial charge in [-0.05, 0) is 83.5 Å². The van der Waals surface area contributed by atoms with Crippen LogP contribution in [0.2, 0.25) is 0 Å². The Kier molecular flexibility index (Phi) is 52.5. The number of unbranched alkanes of at least 4 members (excludes halogenated alkanes) is 28. The molecule has 0 spiro atoms. The van der Waals surface area contributed by atoms with Crippen LogP contribution in [0.5, 0.6) is 0 Å². The van der Waals surface area contributed by atoms with Crippen LogP contribution in [0.3, 0.4) is 0 Å². The van der Waals surface area contributed by atoms with Gasteiger partial charge in [0.15, 0.2) is 6.10 Å². The first-order valence-corrected chi connectivity index (χ1v) is 30.1. The van der Waals surface area contributed by atoms with Gasteiger partial charge in [0.05, 0.1) is 34.4 Å². The zero-order chi connectivity index (χ0) is 53.4. The third kappa shape index (κ3) is 56.3. The van der Waals surface area contributed by atoms with E-state index in [0.717, 1.165) is 77.0 Å². The molecule has 422 valence electrons. The van der Waals surface area contributed by atoms with Gasteiger partial charge >= 0.3 is 17.9 Å². The van der Waals surface area contributed by atoms with E-state index in [0.29, 0.717) is 23.9 Å². The number of nitrogens with zero attached hydrogens (tertiary/aromatic N) is 1. The second kappa shape index (κ2) is 55.0. The molecule has 2 atom stereocenters. The number of hydrogen-bond acceptors (Lipinski definition) is 7. The SMILES string of the molecule is CC/C=C\C/C=C\C/C=C\C/C=C\C/C=C\CCCCCCCCCC(=O)OC(COC(=O)CCCCCCCCCCCCCCC/C=C\CCCCCCCCCC)COC(OCC[N+](C)(C)C)C(=O)O. The zero-order valence-electron chi connectivity index (χ0n) is 48.0. The Morgan fingerprint density at radius 1 is 0.425 bits per heavy atom. The molecule has 0 bridgehead atoms. The first kappa shape index (κ1) is 69.7. The molecule has 9 nitrogen and oxygen atoms in total. The lowest BCUT2D eigenvalue weighted by molar-refractivity contribution is -0.870. The van der Waals surface area contributed by atoms with Gasteiger partial charge in [0.1, 0.15) is 13.2 Å². The van der Waals surface area contributed by atoms with E-state index in [1.165, 1.54) is 148 Å². The Hall–Kier alpha value is -3.27. The molecule has 0 aromatic carbocycles. The number of esters is 2. The Morgan fingerprint density at radius 2 is 0.781 bits per heavy atom. The van der Waals surface area contributed by atoms with Crippen LogP contribution in [0, 0.1) is 0 Å². The largest absolute Gasteiger partial charge is 0.477 e. The van der Waals surface area contributed by atoms with Gasteiger partial charge in [-0.2, -0.15) is 0 Å². The Bertz CT molecular complexity index is 1420. The number of carbonyl (C=O) groups is 3. The quantitative estimate of drug-likeness (QED) is 0.0211. The van der Waals surface area contributed by atoms with Crippen LogP contribution in [0.15, 0.2) is 72.9 Å². The van der Waals surface area contributed by atoms with E-state index < -0.39 is 24.3 Å². The Labute approximate surface area is 449 Å². The number of carboxylic acid groups (broad SMARTS) is 1. The predicted molar refractivity (Wildman–Crippen MR) is 309 cm³/mol. The highest BCUT2D eigenvalue weighted by molar-refractivity contribution is 5.71. The number of carbonyl (C=O) groups excluding carboxylic acids is 2. The summed E-state index contributed by atoms with van der Waals surface area (Å²) in [5.74, 6) is -2.02. The van der Waals surface area contributed by atoms with E-state index in [9.17, 15) is 19.5 Å². The average molecular weight is 1030 g/mol. The van der Waals surface area contributed by atoms with E-state index in [1.807, 2.05) is 21.1 Å². The van der Waals surface area contributed by atoms with Crippen molar-refractivity contribution in [1.82, 2.24) is 0 Å². The summed E-state index contributed by atoms with van der Waals surface area (Å²) >= 11 is 0. The van der Waals surface area contributed by atoms with Crippen molar-refractivity contribution < 1.29 is 42.9 Å². The minimum Gasteiger partial charge on any atom is -0.477 e. The third-order valence-corrected chi connectivity index (χ3v) is 12.9. The highest BCUT2D eigenvalue weighted by atomic mass is 16.7. The van der Waals surface area contributed by atoms with E-state index in [2.05, 4.69) is 86.8 Å². The van der Waals surface area contributed by atoms with Crippen LogP contribution in [0.25, 0.3) is 0 Å². The third-order valence-electron chi connectivity index (χ3n) is 12.9. The Morgan fingerprint density at radius 3 is 1.18 bits per heavy atom. The van der Waals surface area contributed by atoms with E-state index in [1.54, 1.807) is 0 Å². The van der Waals surface area contributed by atoms with Gasteiger partial charge in [-0.25, -0.2) is 4.79 Å². The second-order valence-corrected chi connectivity index (χ2v) is 21.3. The lowest BCUT2D eigenvalue weighted by atomic mass is 10.0. The summed E-state index contributed by atoms with van der Waals surface area (Å²) in [7, 11) is 5.96. The van der Waals surface area contributed by atoms with E-state index in [-0.39, 0.29) is 32.2 Å². The first-order chi connectivity index (χ1) is 35.6. The molecule has 73 heavy (non-hydrogen) atoms. The summed E-state index contributed by atoms with van der Waals surface area (Å²) in [5.41, 5.74) is 0. The number of quaternary nitrogens is 1. The van der Waals surface area contributed by atoms with E-state index in [4.69, 9.17) is 18.9 Å². The summed E-state index contributed by atoms with van der Waals surface area (Å²) in [4.78, 5) is 37.5. The number of ether oxygens (including phenoxy) is 4. The van der Waals surface area contributed by atoms with Crippen molar-refractivity contribution in [3.05, 3.63) is 72.9 Å². The molecule has 0 aromatic heterocycles. The summed E-state index contributed by atoms with van der Waals surface area (Å²) < 4.78 is 22.9. The van der Waals surface area contributed by atoms with Gasteiger partial charge in [-0.3, -0.25) is 9.59 Å². The molecule has 0 heterocycles. The fourth-order valence-corrected chi connectivity index (χ4v) is 8.33. The minimum atomic E-state index is -1.52. The minimum absolute atomic E-state index is 0.183. The molecule has 0 saturated heterocycles. The lowest BCUT2D eigenvalue weighted by Crippen LogP contribution is -2.40. The van der Waals surface area contributed by atoms with Crippen LogP contribution in [-0.2, 0) is 33.3 Å². The van der Waals surface area contributed by atoms with Gasteiger partial charge in [0.2, 0.25) is 0 Å². The molecule has 0 aliphatic carbocycles. The molecule has 0 aliphatic rings. The smallest absolute Gasteiger partial charge is 0.361 e. The van der Waals surface area contributed by atoms with Crippen molar-refractivity contribution in [3.63, 3.8) is 0 Å². The standard InChI is InChI=1S/C64H113NO8/c1-6-8-10-12-14-16-18-20-22-24-26-28-30-31-33-34-36-38-40-42-44-46-48-50-52-54-61(66)71-58-60(59-72-64(63(68)69)70-57-56-65(3,4)5)73-62(67)55-53-51-49-47-45-43-41-39-37-35-32-29-27-25-23-21-19-17-15-13-11-9-7-2/h9,11,15,17,21,23-24,26-27,29,35,37,60,64H,6-8,10,12-14,16,18-20,22,25,28,30-34,36,38-59H2,1-5H3/p+1/b11-9-,17-15-,23-21-,26-24-,29-27-,37-35-. The number of aliphatic carboxylic acids is 1. The van der Waals surface area contributed by atoms with Gasteiger partial charge in [-0.1, -0.05) is 234 Å². The maximum atomic E-state index is 12.9. The van der Waals surface area contributed by atoms with Crippen molar-refractivity contribution in [2.45, 2.75) is 270 Å². The normalized spacial score (nSPS) is 13.3. The molecule has 0 aliphatic heterocycles. The molecule has 9 heteroatoms. The van der Waals surface area contributed by atoms with Crippen molar-refractivity contribution >= 4 is 17.9 Å². The number of likely N-dealkylation sites (N-methyl/N-ethyl adjacent to an activating group) is 1. The number of hydrogen-bond donors (Lipinski definition) is 1. The second-order valence-electron chi connectivity index (χ2n) is 21.3. The predicted octanol–water partition coefficient (Wildman–Crippen LogP) is 17.8. The highest BCUT2D eigenvalue weighted by Crippen LogP contribution is 2.16. The van der Waals surface area contributed by atoms with Crippen LogP contribution < -0.4 is 0 Å². The summed E-state index contributed by atoms with van der Waals surface area (Å²) in [6, 6.07) is 0. The molecule has 2 unspecified atom stereocenters. The molecule has 0 saturated carbocycles. The number of rotatable bonds is 55. The van der Waals surface area contributed by atoms with Gasteiger partial charge in [0.25, 0.3) is 6.29 Å².